The quantitative estimate of drug-likeness (QED) is 0.914. The predicted octanol–water partition coefficient (Wildman–Crippen LogP) is 3.21. The zero-order valence-electron chi connectivity index (χ0n) is 12.9. The molecule has 1 atom stereocenters. The number of anilines is 1. The van der Waals surface area contributed by atoms with Crippen molar-refractivity contribution in [3.63, 3.8) is 0 Å². The molecule has 21 heavy (non-hydrogen) atoms. The van der Waals surface area contributed by atoms with Gasteiger partial charge in [0.2, 0.25) is 0 Å². The molecule has 4 heteroatoms. The Morgan fingerprint density at radius 1 is 1.10 bits per heavy atom. The van der Waals surface area contributed by atoms with Crippen LogP contribution < -0.4 is 15.0 Å². The molecule has 0 radical (unpaired) electrons. The van der Waals surface area contributed by atoms with Crippen molar-refractivity contribution in [1.82, 2.24) is 5.32 Å². The van der Waals surface area contributed by atoms with E-state index in [4.69, 9.17) is 4.74 Å². The average molecular weight is 288 g/mol. The summed E-state index contributed by atoms with van der Waals surface area (Å²) in [5.41, 5.74) is 2.74. The lowest BCUT2D eigenvalue weighted by atomic mass is 9.98. The van der Waals surface area contributed by atoms with Gasteiger partial charge in [-0.1, -0.05) is 18.2 Å². The monoisotopic (exact) mass is 288 g/mol. The Morgan fingerprint density at radius 3 is 2.24 bits per heavy atom. The van der Waals surface area contributed by atoms with Crippen LogP contribution in [-0.2, 0) is 0 Å². The molecule has 0 aliphatic carbocycles. The van der Waals surface area contributed by atoms with Gasteiger partial charge in [-0.2, -0.15) is 0 Å². The van der Waals surface area contributed by atoms with Crippen molar-refractivity contribution in [1.29, 1.82) is 0 Å². The topological polar surface area (TPSA) is 24.5 Å². The molecule has 0 saturated carbocycles. The highest BCUT2D eigenvalue weighted by Crippen LogP contribution is 2.28. The summed E-state index contributed by atoms with van der Waals surface area (Å²) >= 11 is 0. The van der Waals surface area contributed by atoms with E-state index in [-0.39, 0.29) is 11.9 Å². The summed E-state index contributed by atoms with van der Waals surface area (Å²) in [5.74, 6) is 0.249. The van der Waals surface area contributed by atoms with Crippen LogP contribution in [-0.4, -0.2) is 28.3 Å². The van der Waals surface area contributed by atoms with E-state index >= 15 is 0 Å². The molecular weight excluding hydrogens is 267 g/mol. The fraction of sp³-hybridized carbons (Fsp3) is 0.294. The van der Waals surface area contributed by atoms with Crippen LogP contribution in [0.3, 0.4) is 0 Å². The van der Waals surface area contributed by atoms with Crippen LogP contribution in [0.1, 0.15) is 17.2 Å². The lowest BCUT2D eigenvalue weighted by Crippen LogP contribution is -2.19. The molecule has 0 amide bonds. The van der Waals surface area contributed by atoms with Gasteiger partial charge in [0.15, 0.2) is 0 Å². The van der Waals surface area contributed by atoms with E-state index in [0.29, 0.717) is 11.3 Å². The van der Waals surface area contributed by atoms with E-state index in [1.165, 1.54) is 13.2 Å². The zero-order valence-corrected chi connectivity index (χ0v) is 12.9. The molecule has 0 fully saturated rings. The number of halogens is 1. The first kappa shape index (κ1) is 15.3. The summed E-state index contributed by atoms with van der Waals surface area (Å²) in [6.07, 6.45) is 0. The molecule has 2 rings (SSSR count). The number of benzene rings is 2. The van der Waals surface area contributed by atoms with Gasteiger partial charge in [0.25, 0.3) is 0 Å². The van der Waals surface area contributed by atoms with Crippen LogP contribution in [0, 0.1) is 5.82 Å². The normalized spacial score (nSPS) is 12.0. The van der Waals surface area contributed by atoms with Gasteiger partial charge in [-0.05, 0) is 30.8 Å². The highest BCUT2D eigenvalue weighted by Gasteiger charge is 2.16. The zero-order chi connectivity index (χ0) is 15.4. The lowest BCUT2D eigenvalue weighted by molar-refractivity contribution is 0.410. The van der Waals surface area contributed by atoms with E-state index in [0.717, 1.165) is 11.3 Å². The Hall–Kier alpha value is -2.07. The van der Waals surface area contributed by atoms with Crippen LogP contribution >= 0.6 is 0 Å². The Balaban J connectivity index is 2.35. The third kappa shape index (κ3) is 3.34. The second-order valence-corrected chi connectivity index (χ2v) is 5.10. The van der Waals surface area contributed by atoms with E-state index in [1.54, 1.807) is 12.1 Å². The molecule has 0 aromatic heterocycles. The molecule has 1 unspecified atom stereocenters. The van der Waals surface area contributed by atoms with Gasteiger partial charge in [-0.15, -0.1) is 0 Å². The van der Waals surface area contributed by atoms with Gasteiger partial charge >= 0.3 is 0 Å². The highest BCUT2D eigenvalue weighted by molar-refractivity contribution is 5.48. The summed E-state index contributed by atoms with van der Waals surface area (Å²) in [6.45, 7) is 0. The third-order valence-electron chi connectivity index (χ3n) is 3.55. The molecule has 0 saturated heterocycles. The van der Waals surface area contributed by atoms with Crippen molar-refractivity contribution in [2.24, 2.45) is 0 Å². The molecule has 2 aromatic carbocycles. The van der Waals surface area contributed by atoms with Crippen molar-refractivity contribution in [3.05, 3.63) is 59.4 Å². The number of rotatable bonds is 5. The summed E-state index contributed by atoms with van der Waals surface area (Å²) in [7, 11) is 7.35. The summed E-state index contributed by atoms with van der Waals surface area (Å²) in [4.78, 5) is 2.03. The number of hydrogen-bond donors (Lipinski definition) is 1. The molecule has 0 heterocycles. The Morgan fingerprint density at radius 2 is 1.76 bits per heavy atom. The maximum atomic E-state index is 14.2. The molecule has 0 aliphatic rings. The van der Waals surface area contributed by atoms with Crippen LogP contribution in [0.5, 0.6) is 5.75 Å². The molecule has 0 aliphatic heterocycles. The van der Waals surface area contributed by atoms with Gasteiger partial charge in [-0.3, -0.25) is 0 Å². The fourth-order valence-corrected chi connectivity index (χ4v) is 2.34. The van der Waals surface area contributed by atoms with Crippen molar-refractivity contribution < 1.29 is 9.13 Å². The SMILES string of the molecule is CNC(c1ccc(N(C)C)cc1)c1ccc(OC)cc1F. The van der Waals surface area contributed by atoms with Crippen LogP contribution in [0.2, 0.25) is 0 Å². The first-order valence-corrected chi connectivity index (χ1v) is 6.84. The van der Waals surface area contributed by atoms with E-state index in [1.807, 2.05) is 50.3 Å². The predicted molar refractivity (Wildman–Crippen MR) is 84.6 cm³/mol. The Bertz CT molecular complexity index is 596. The smallest absolute Gasteiger partial charge is 0.132 e. The van der Waals surface area contributed by atoms with Gasteiger partial charge in [0.1, 0.15) is 11.6 Å². The van der Waals surface area contributed by atoms with Gasteiger partial charge in [-0.25, -0.2) is 4.39 Å². The number of ether oxygens (including phenoxy) is 1. The minimum Gasteiger partial charge on any atom is -0.497 e. The fourth-order valence-electron chi connectivity index (χ4n) is 2.34. The van der Waals surface area contributed by atoms with Gasteiger partial charge < -0.3 is 15.0 Å². The number of methoxy groups -OCH3 is 1. The summed E-state index contributed by atoms with van der Waals surface area (Å²) in [5, 5.41) is 3.17. The highest BCUT2D eigenvalue weighted by atomic mass is 19.1. The number of nitrogens with one attached hydrogen (secondary N) is 1. The number of hydrogen-bond acceptors (Lipinski definition) is 3. The Kier molecular flexibility index (Phi) is 4.81. The largest absolute Gasteiger partial charge is 0.497 e. The van der Waals surface area contributed by atoms with Gasteiger partial charge in [0.05, 0.1) is 13.2 Å². The third-order valence-corrected chi connectivity index (χ3v) is 3.55. The van der Waals surface area contributed by atoms with Crippen LogP contribution in [0.15, 0.2) is 42.5 Å². The maximum absolute atomic E-state index is 14.2. The molecule has 1 N–H and O–H groups in total. The van der Waals surface area contributed by atoms with Crippen LogP contribution in [0.25, 0.3) is 0 Å². The first-order chi connectivity index (χ1) is 10.1. The van der Waals surface area contributed by atoms with Gasteiger partial charge in [0, 0.05) is 31.4 Å². The minimum absolute atomic E-state index is 0.188. The van der Waals surface area contributed by atoms with E-state index in [9.17, 15) is 4.39 Å². The molecule has 0 bridgehead atoms. The standard InChI is InChI=1S/C17H21FN2O/c1-19-17(12-5-7-13(8-6-12)20(2)3)15-10-9-14(21-4)11-16(15)18/h5-11,17,19H,1-4H3. The Labute approximate surface area is 125 Å². The van der Waals surface area contributed by atoms with Crippen molar-refractivity contribution >= 4 is 5.69 Å². The molecule has 112 valence electrons. The van der Waals surface area contributed by atoms with Crippen molar-refractivity contribution in [2.45, 2.75) is 6.04 Å². The average Bonchev–Trinajstić information content (AvgIpc) is 2.50. The second kappa shape index (κ2) is 6.59. The molecule has 3 nitrogen and oxygen atoms in total. The first-order valence-electron chi connectivity index (χ1n) is 6.84. The summed E-state index contributed by atoms with van der Waals surface area (Å²) in [6, 6.07) is 12.8. The molecular formula is C17H21FN2O. The minimum atomic E-state index is -0.273. The number of nitrogens with zero attached hydrogens (tertiary/aromatic N) is 1. The van der Waals surface area contributed by atoms with Crippen molar-refractivity contribution in [2.75, 3.05) is 33.2 Å². The molecule has 2 aromatic rings. The van der Waals surface area contributed by atoms with Crippen LogP contribution in [0.4, 0.5) is 10.1 Å². The van der Waals surface area contributed by atoms with E-state index in [2.05, 4.69) is 5.32 Å². The summed E-state index contributed by atoms with van der Waals surface area (Å²) < 4.78 is 19.3. The maximum Gasteiger partial charge on any atom is 0.132 e. The lowest BCUT2D eigenvalue weighted by Gasteiger charge is -2.20. The van der Waals surface area contributed by atoms with E-state index < -0.39 is 0 Å². The second-order valence-electron chi connectivity index (χ2n) is 5.10. The van der Waals surface area contributed by atoms with Crippen molar-refractivity contribution in [3.8, 4) is 5.75 Å². The molecule has 0 spiro atoms.